The number of amides is 1. The number of sulfone groups is 1. The van der Waals surface area contributed by atoms with Crippen molar-refractivity contribution in [2.24, 2.45) is 0 Å². The fourth-order valence-electron chi connectivity index (χ4n) is 3.52. The topological polar surface area (TPSA) is 63.2 Å². The summed E-state index contributed by atoms with van der Waals surface area (Å²) in [5.41, 5.74) is 1.04. The molecule has 1 amide bonds. The summed E-state index contributed by atoms with van der Waals surface area (Å²) in [5, 5.41) is 3.52. The predicted molar refractivity (Wildman–Crippen MR) is 103 cm³/mol. The van der Waals surface area contributed by atoms with Gasteiger partial charge in [-0.2, -0.15) is 0 Å². The molecule has 2 aromatic rings. The molecular formula is C20H22ClNO3S. The van der Waals surface area contributed by atoms with Gasteiger partial charge in [0, 0.05) is 11.6 Å². The maximum Gasteiger partial charge on any atom is 0.241 e. The standard InChI is InChI=1S/C20H22ClNO3S/c21-17-10-8-16(9-11-17)12-15-22-19(23)20(13-4-5-14-20)26(24,25)18-6-2-1-3-7-18/h1-3,6-11H,4-5,12-15H2,(H,22,23). The van der Waals surface area contributed by atoms with Gasteiger partial charge < -0.3 is 5.32 Å². The van der Waals surface area contributed by atoms with E-state index in [1.165, 1.54) is 0 Å². The van der Waals surface area contributed by atoms with Crippen LogP contribution in [0.5, 0.6) is 0 Å². The molecule has 0 spiro atoms. The summed E-state index contributed by atoms with van der Waals surface area (Å²) < 4.78 is 25.0. The molecule has 1 aliphatic rings. The average Bonchev–Trinajstić information content (AvgIpc) is 3.16. The molecule has 1 aliphatic carbocycles. The number of nitrogens with one attached hydrogen (secondary N) is 1. The Morgan fingerprint density at radius 3 is 2.23 bits per heavy atom. The lowest BCUT2D eigenvalue weighted by atomic mass is 10.1. The Hall–Kier alpha value is -1.85. The van der Waals surface area contributed by atoms with Crippen LogP contribution >= 0.6 is 11.6 Å². The maximum atomic E-state index is 13.2. The number of carbonyl (C=O) groups excluding carboxylic acids is 1. The predicted octanol–water partition coefficient (Wildman–Crippen LogP) is 3.79. The number of benzene rings is 2. The monoisotopic (exact) mass is 391 g/mol. The van der Waals surface area contributed by atoms with Crippen LogP contribution in [0.2, 0.25) is 5.02 Å². The van der Waals surface area contributed by atoms with Gasteiger partial charge in [0.25, 0.3) is 0 Å². The Balaban J connectivity index is 1.74. The second-order valence-electron chi connectivity index (χ2n) is 6.65. The second-order valence-corrected chi connectivity index (χ2v) is 9.35. The molecule has 0 atom stereocenters. The van der Waals surface area contributed by atoms with E-state index in [-0.39, 0.29) is 10.8 Å². The van der Waals surface area contributed by atoms with E-state index in [1.807, 2.05) is 12.1 Å². The average molecular weight is 392 g/mol. The van der Waals surface area contributed by atoms with E-state index in [0.29, 0.717) is 30.8 Å². The van der Waals surface area contributed by atoms with Crippen LogP contribution in [0.25, 0.3) is 0 Å². The lowest BCUT2D eigenvalue weighted by molar-refractivity contribution is -0.123. The maximum absolute atomic E-state index is 13.2. The zero-order valence-electron chi connectivity index (χ0n) is 14.4. The molecule has 4 nitrogen and oxygen atoms in total. The van der Waals surface area contributed by atoms with E-state index in [4.69, 9.17) is 11.6 Å². The first-order valence-corrected chi connectivity index (χ1v) is 10.6. The van der Waals surface area contributed by atoms with Crippen molar-refractivity contribution < 1.29 is 13.2 Å². The molecule has 1 saturated carbocycles. The molecule has 0 radical (unpaired) electrons. The Morgan fingerprint density at radius 2 is 1.62 bits per heavy atom. The van der Waals surface area contributed by atoms with Crippen LogP contribution in [0.3, 0.4) is 0 Å². The molecular weight excluding hydrogens is 370 g/mol. The van der Waals surface area contributed by atoms with Gasteiger partial charge in [0.05, 0.1) is 4.90 Å². The zero-order chi connectivity index (χ0) is 18.6. The Bertz CT molecular complexity index is 858. The van der Waals surface area contributed by atoms with Gasteiger partial charge in [0.2, 0.25) is 5.91 Å². The van der Waals surface area contributed by atoms with Gasteiger partial charge in [0.15, 0.2) is 14.6 Å². The number of carbonyl (C=O) groups is 1. The van der Waals surface area contributed by atoms with Gasteiger partial charge in [-0.25, -0.2) is 8.42 Å². The summed E-state index contributed by atoms with van der Waals surface area (Å²) >= 11 is 5.87. The molecule has 1 N–H and O–H groups in total. The van der Waals surface area contributed by atoms with Crippen LogP contribution in [-0.2, 0) is 21.1 Å². The van der Waals surface area contributed by atoms with E-state index >= 15 is 0 Å². The molecule has 26 heavy (non-hydrogen) atoms. The highest BCUT2D eigenvalue weighted by molar-refractivity contribution is 7.93. The summed E-state index contributed by atoms with van der Waals surface area (Å²) in [7, 11) is -3.73. The normalized spacial score (nSPS) is 16.3. The first-order valence-electron chi connectivity index (χ1n) is 8.78. The summed E-state index contributed by atoms with van der Waals surface area (Å²) in [6, 6.07) is 15.7. The van der Waals surface area contributed by atoms with E-state index in [0.717, 1.165) is 18.4 Å². The van der Waals surface area contributed by atoms with Crippen molar-refractivity contribution in [3.8, 4) is 0 Å². The molecule has 0 unspecified atom stereocenters. The summed E-state index contributed by atoms with van der Waals surface area (Å²) in [6.45, 7) is 0.395. The van der Waals surface area contributed by atoms with Gasteiger partial charge in [-0.1, -0.05) is 54.8 Å². The molecule has 1 fully saturated rings. The molecule has 138 valence electrons. The molecule has 6 heteroatoms. The Kier molecular flexibility index (Phi) is 5.68. The van der Waals surface area contributed by atoms with E-state index in [2.05, 4.69) is 5.32 Å². The largest absolute Gasteiger partial charge is 0.354 e. The lowest BCUT2D eigenvalue weighted by Gasteiger charge is -2.27. The van der Waals surface area contributed by atoms with Crippen LogP contribution in [0, 0.1) is 0 Å². The lowest BCUT2D eigenvalue weighted by Crippen LogP contribution is -2.51. The molecule has 0 aliphatic heterocycles. The van der Waals surface area contributed by atoms with E-state index in [9.17, 15) is 13.2 Å². The second kappa shape index (κ2) is 7.80. The Labute approximate surface area is 159 Å². The van der Waals surface area contributed by atoms with Crippen LogP contribution < -0.4 is 5.32 Å². The number of rotatable bonds is 6. The molecule has 3 rings (SSSR count). The van der Waals surface area contributed by atoms with E-state index in [1.54, 1.807) is 42.5 Å². The van der Waals surface area contributed by atoms with Crippen molar-refractivity contribution in [2.75, 3.05) is 6.54 Å². The van der Waals surface area contributed by atoms with Crippen LogP contribution in [0.4, 0.5) is 0 Å². The molecule has 0 aromatic heterocycles. The first kappa shape index (κ1) is 18.9. The van der Waals surface area contributed by atoms with Gasteiger partial charge in [-0.3, -0.25) is 4.79 Å². The quantitative estimate of drug-likeness (QED) is 0.814. The SMILES string of the molecule is O=C(NCCc1ccc(Cl)cc1)C1(S(=O)(=O)c2ccccc2)CCCC1. The van der Waals surface area contributed by atoms with Crippen LogP contribution in [0.1, 0.15) is 31.2 Å². The smallest absolute Gasteiger partial charge is 0.241 e. The minimum atomic E-state index is -3.73. The zero-order valence-corrected chi connectivity index (χ0v) is 16.0. The van der Waals surface area contributed by atoms with Gasteiger partial charge in [0.1, 0.15) is 0 Å². The van der Waals surface area contributed by atoms with Crippen molar-refractivity contribution >= 4 is 27.3 Å². The highest BCUT2D eigenvalue weighted by atomic mass is 35.5. The van der Waals surface area contributed by atoms with Crippen LogP contribution in [-0.4, -0.2) is 25.6 Å². The summed E-state index contributed by atoms with van der Waals surface area (Å²) in [5.74, 6) is -0.382. The third kappa shape index (κ3) is 3.64. The van der Waals surface area contributed by atoms with E-state index < -0.39 is 14.6 Å². The van der Waals surface area contributed by atoms with Gasteiger partial charge >= 0.3 is 0 Å². The number of halogens is 1. The van der Waals surface area contributed by atoms with Crippen molar-refractivity contribution in [3.63, 3.8) is 0 Å². The van der Waals surface area contributed by atoms with Crippen molar-refractivity contribution in [3.05, 3.63) is 65.2 Å². The fraction of sp³-hybridized carbons (Fsp3) is 0.350. The molecule has 0 saturated heterocycles. The van der Waals surface area contributed by atoms with Crippen molar-refractivity contribution in [1.29, 1.82) is 0 Å². The van der Waals surface area contributed by atoms with Crippen molar-refractivity contribution in [2.45, 2.75) is 41.7 Å². The molecule has 2 aromatic carbocycles. The number of hydrogen-bond donors (Lipinski definition) is 1. The van der Waals surface area contributed by atoms with Crippen LogP contribution in [0.15, 0.2) is 59.5 Å². The summed E-state index contributed by atoms with van der Waals surface area (Å²) in [6.07, 6.45) is 2.87. The highest BCUT2D eigenvalue weighted by Crippen LogP contribution is 2.40. The molecule has 0 heterocycles. The third-order valence-electron chi connectivity index (χ3n) is 5.01. The number of hydrogen-bond acceptors (Lipinski definition) is 3. The minimum absolute atomic E-state index is 0.217. The van der Waals surface area contributed by atoms with Gasteiger partial charge in [-0.05, 0) is 49.1 Å². The van der Waals surface area contributed by atoms with Crippen molar-refractivity contribution in [1.82, 2.24) is 5.32 Å². The Morgan fingerprint density at radius 1 is 1.00 bits per heavy atom. The minimum Gasteiger partial charge on any atom is -0.354 e. The highest BCUT2D eigenvalue weighted by Gasteiger charge is 2.52. The fourth-order valence-corrected chi connectivity index (χ4v) is 5.76. The molecule has 0 bridgehead atoms. The third-order valence-corrected chi connectivity index (χ3v) is 7.77. The van der Waals surface area contributed by atoms with Gasteiger partial charge in [-0.15, -0.1) is 0 Å². The first-order chi connectivity index (χ1) is 12.5. The summed E-state index contributed by atoms with van der Waals surface area (Å²) in [4.78, 5) is 13.1.